The van der Waals surface area contributed by atoms with Crippen molar-refractivity contribution in [1.82, 2.24) is 4.90 Å². The van der Waals surface area contributed by atoms with E-state index in [9.17, 15) is 40.3 Å². The molecule has 2 aromatic carbocycles. The molecule has 0 aromatic heterocycles. The molecule has 32 heavy (non-hydrogen) atoms. The van der Waals surface area contributed by atoms with Gasteiger partial charge in [0, 0.05) is 6.08 Å². The molecule has 6 nitrogen and oxygen atoms in total. The van der Waals surface area contributed by atoms with Gasteiger partial charge in [0.2, 0.25) is 5.82 Å². The maximum absolute atomic E-state index is 14.3. The van der Waals surface area contributed by atoms with E-state index in [1.165, 1.54) is 0 Å². The van der Waals surface area contributed by atoms with Gasteiger partial charge in [0.25, 0.3) is 11.8 Å². The maximum Gasteiger partial charge on any atom is 0.416 e. The molecule has 0 saturated heterocycles. The molecular weight excluding hydrogens is 453 g/mol. The molecule has 0 aliphatic carbocycles. The standard InChI is InChI=1S/C19H11F7N2O4/c20-9-1-2-12(27-13-7-14(30)28(3-4-29)18(13)31)17(15(9)23)32-16-10(21)5-8(6-11(16)22)19(24,25)26/h1-2,5-7,27,29H,3-4H2. The van der Waals surface area contributed by atoms with Gasteiger partial charge in [-0.3, -0.25) is 14.5 Å². The van der Waals surface area contributed by atoms with Crippen molar-refractivity contribution in [2.75, 3.05) is 18.5 Å². The Labute approximate surface area is 174 Å². The van der Waals surface area contributed by atoms with Crippen LogP contribution in [0.3, 0.4) is 0 Å². The van der Waals surface area contributed by atoms with Crippen LogP contribution in [-0.2, 0) is 15.8 Å². The lowest BCUT2D eigenvalue weighted by Gasteiger charge is -2.17. The highest BCUT2D eigenvalue weighted by Gasteiger charge is 2.34. The number of amides is 2. The number of carbonyl (C=O) groups is 2. The van der Waals surface area contributed by atoms with Crippen LogP contribution in [0.15, 0.2) is 36.0 Å². The van der Waals surface area contributed by atoms with Gasteiger partial charge >= 0.3 is 6.18 Å². The molecule has 1 aliphatic rings. The normalized spacial score (nSPS) is 14.1. The molecule has 1 aliphatic heterocycles. The molecule has 2 aromatic rings. The molecule has 2 amide bonds. The molecule has 13 heteroatoms. The molecule has 0 atom stereocenters. The number of hydrogen-bond acceptors (Lipinski definition) is 5. The summed E-state index contributed by atoms with van der Waals surface area (Å²) in [6.07, 6.45) is -4.32. The summed E-state index contributed by atoms with van der Waals surface area (Å²) in [5, 5.41) is 11.1. The fraction of sp³-hybridized carbons (Fsp3) is 0.158. The predicted molar refractivity (Wildman–Crippen MR) is 93.3 cm³/mol. The number of hydrogen-bond donors (Lipinski definition) is 2. The largest absolute Gasteiger partial charge is 0.446 e. The minimum absolute atomic E-state index is 0.100. The number of aliphatic hydroxyl groups excluding tert-OH is 1. The Kier molecular flexibility index (Phi) is 6.12. The minimum Gasteiger partial charge on any atom is -0.446 e. The lowest BCUT2D eigenvalue weighted by Crippen LogP contribution is -2.34. The van der Waals surface area contributed by atoms with Crippen molar-refractivity contribution in [2.24, 2.45) is 0 Å². The summed E-state index contributed by atoms with van der Waals surface area (Å²) < 4.78 is 99.1. The second-order valence-electron chi connectivity index (χ2n) is 6.31. The fourth-order valence-corrected chi connectivity index (χ4v) is 2.71. The smallest absolute Gasteiger partial charge is 0.416 e. The Hall–Kier alpha value is -3.61. The average molecular weight is 464 g/mol. The van der Waals surface area contributed by atoms with Gasteiger partial charge in [0.05, 0.1) is 24.4 Å². The molecule has 2 N–H and O–H groups in total. The predicted octanol–water partition coefficient (Wildman–Crippen LogP) is 3.71. The van der Waals surface area contributed by atoms with Gasteiger partial charge in [-0.25, -0.2) is 13.2 Å². The van der Waals surface area contributed by atoms with Crippen LogP contribution in [0.25, 0.3) is 0 Å². The molecule has 1 heterocycles. The first-order chi connectivity index (χ1) is 14.9. The van der Waals surface area contributed by atoms with E-state index in [4.69, 9.17) is 9.84 Å². The third-order valence-electron chi connectivity index (χ3n) is 4.18. The monoisotopic (exact) mass is 464 g/mol. The summed E-state index contributed by atoms with van der Waals surface area (Å²) in [4.78, 5) is 24.6. The van der Waals surface area contributed by atoms with Crippen molar-refractivity contribution in [3.8, 4) is 11.5 Å². The summed E-state index contributed by atoms with van der Waals surface area (Å²) in [5.74, 6) is -11.5. The van der Waals surface area contributed by atoms with E-state index in [1.54, 1.807) is 0 Å². The summed E-state index contributed by atoms with van der Waals surface area (Å²) in [7, 11) is 0. The van der Waals surface area contributed by atoms with Crippen molar-refractivity contribution < 1.29 is 50.2 Å². The Balaban J connectivity index is 1.99. The van der Waals surface area contributed by atoms with E-state index in [-0.39, 0.29) is 18.7 Å². The Morgan fingerprint density at radius 3 is 2.16 bits per heavy atom. The summed E-state index contributed by atoms with van der Waals surface area (Å²) in [6.45, 7) is -0.910. The van der Waals surface area contributed by atoms with Crippen LogP contribution >= 0.6 is 0 Å². The van der Waals surface area contributed by atoms with Gasteiger partial charge in [-0.2, -0.15) is 17.6 Å². The average Bonchev–Trinajstić information content (AvgIpc) is 2.96. The Morgan fingerprint density at radius 2 is 1.59 bits per heavy atom. The number of halogens is 7. The molecule has 0 saturated carbocycles. The van der Waals surface area contributed by atoms with Gasteiger partial charge < -0.3 is 15.2 Å². The number of imide groups is 1. The SMILES string of the molecule is O=C1C=C(Nc2ccc(F)c(F)c2Oc2c(F)cc(C(F)(F)F)cc2F)C(=O)N1CCO. The highest BCUT2D eigenvalue weighted by molar-refractivity contribution is 6.17. The van der Waals surface area contributed by atoms with Gasteiger partial charge in [0.1, 0.15) is 5.70 Å². The highest BCUT2D eigenvalue weighted by atomic mass is 19.4. The minimum atomic E-state index is -5.08. The number of β-amino-alcohol motifs (C(OH)–C–C–N with tert-alkyl or cyclic N) is 1. The number of ether oxygens (including phenoxy) is 1. The third-order valence-corrected chi connectivity index (χ3v) is 4.18. The maximum atomic E-state index is 14.3. The van der Waals surface area contributed by atoms with Gasteiger partial charge in [-0.1, -0.05) is 0 Å². The molecule has 0 bridgehead atoms. The molecule has 0 radical (unpaired) electrons. The van der Waals surface area contributed by atoms with Crippen LogP contribution in [0, 0.1) is 23.3 Å². The summed E-state index contributed by atoms with van der Waals surface area (Å²) in [5.41, 5.74) is -2.71. The van der Waals surface area contributed by atoms with E-state index >= 15 is 0 Å². The zero-order valence-corrected chi connectivity index (χ0v) is 15.6. The number of alkyl halides is 3. The highest BCUT2D eigenvalue weighted by Crippen LogP contribution is 2.39. The number of nitrogens with one attached hydrogen (secondary N) is 1. The van der Waals surface area contributed by atoms with Crippen LogP contribution in [-0.4, -0.2) is 35.0 Å². The summed E-state index contributed by atoms with van der Waals surface area (Å²) in [6, 6.07) is 1.17. The van der Waals surface area contributed by atoms with Crippen LogP contribution in [0.4, 0.5) is 36.4 Å². The van der Waals surface area contributed by atoms with Crippen LogP contribution in [0.1, 0.15) is 5.56 Å². The zero-order valence-electron chi connectivity index (χ0n) is 15.6. The van der Waals surface area contributed by atoms with E-state index in [1.807, 2.05) is 0 Å². The second kappa shape index (κ2) is 8.49. The quantitative estimate of drug-likeness (QED) is 0.504. The van der Waals surface area contributed by atoms with Gasteiger partial charge in [-0.05, 0) is 24.3 Å². The lowest BCUT2D eigenvalue weighted by atomic mass is 10.2. The fourth-order valence-electron chi connectivity index (χ4n) is 2.71. The number of benzene rings is 2. The number of aliphatic hydroxyl groups is 1. The van der Waals surface area contributed by atoms with Crippen LogP contribution in [0.5, 0.6) is 11.5 Å². The van der Waals surface area contributed by atoms with Crippen molar-refractivity contribution in [3.63, 3.8) is 0 Å². The molecule has 170 valence electrons. The topological polar surface area (TPSA) is 78.9 Å². The molecule has 0 unspecified atom stereocenters. The second-order valence-corrected chi connectivity index (χ2v) is 6.31. The van der Waals surface area contributed by atoms with E-state index < -0.39 is 76.3 Å². The number of rotatable bonds is 6. The van der Waals surface area contributed by atoms with Gasteiger partial charge in [0.15, 0.2) is 29.0 Å². The van der Waals surface area contributed by atoms with E-state index in [0.29, 0.717) is 11.0 Å². The lowest BCUT2D eigenvalue weighted by molar-refractivity contribution is -0.138. The first kappa shape index (κ1) is 23.1. The van der Waals surface area contributed by atoms with Crippen LogP contribution < -0.4 is 10.1 Å². The molecular formula is C19H11F7N2O4. The molecule has 0 spiro atoms. The molecule has 3 rings (SSSR count). The van der Waals surface area contributed by atoms with Gasteiger partial charge in [-0.15, -0.1) is 0 Å². The van der Waals surface area contributed by atoms with Crippen LogP contribution in [0.2, 0.25) is 0 Å². The van der Waals surface area contributed by atoms with E-state index in [0.717, 1.165) is 12.1 Å². The number of anilines is 1. The van der Waals surface area contributed by atoms with Crippen molar-refractivity contribution in [2.45, 2.75) is 6.18 Å². The molecule has 0 fully saturated rings. The van der Waals surface area contributed by atoms with Crippen molar-refractivity contribution in [1.29, 1.82) is 0 Å². The Bertz CT molecular complexity index is 1110. The third kappa shape index (κ3) is 4.37. The number of nitrogens with zero attached hydrogens (tertiary/aromatic N) is 1. The first-order valence-corrected chi connectivity index (χ1v) is 8.61. The summed E-state index contributed by atoms with van der Waals surface area (Å²) >= 11 is 0. The first-order valence-electron chi connectivity index (χ1n) is 8.61. The van der Waals surface area contributed by atoms with E-state index in [2.05, 4.69) is 5.32 Å². The van der Waals surface area contributed by atoms with Crippen molar-refractivity contribution >= 4 is 17.5 Å². The zero-order chi connectivity index (χ0) is 23.8. The van der Waals surface area contributed by atoms with Crippen molar-refractivity contribution in [3.05, 3.63) is 64.9 Å². The Morgan fingerprint density at radius 1 is 0.969 bits per heavy atom. The number of carbonyl (C=O) groups excluding carboxylic acids is 2.